The largest absolute Gasteiger partial charge is 0.357 e. The molecule has 0 aliphatic carbocycles. The van der Waals surface area contributed by atoms with Crippen molar-refractivity contribution in [2.75, 3.05) is 39.3 Å². The van der Waals surface area contributed by atoms with Crippen LogP contribution in [-0.2, 0) is 26.7 Å². The molecule has 0 radical (unpaired) electrons. The lowest BCUT2D eigenvalue weighted by Crippen LogP contribution is -2.45. The van der Waals surface area contributed by atoms with Gasteiger partial charge in [-0.1, -0.05) is 31.2 Å². The molecule has 2 heterocycles. The Morgan fingerprint density at radius 2 is 1.73 bits per heavy atom. The molecule has 1 aromatic carbocycles. The van der Waals surface area contributed by atoms with Crippen LogP contribution in [0.1, 0.15) is 30.8 Å². The number of likely N-dealkylation sites (N-methyl/N-ethyl adjacent to an activating group) is 1. The standard InChI is InChI=1S/C21H34N8.HI/c1-4-22-21(24-15-20-25-17-26-27(20)3)23-14-18-8-6-7-9-19(18)16-29-12-10-28(5-2)11-13-29;/h6-9,17H,4-5,10-16H2,1-3H3,(H2,22,23,24);1H. The minimum Gasteiger partial charge on any atom is -0.357 e. The summed E-state index contributed by atoms with van der Waals surface area (Å²) in [5.74, 6) is 1.67. The van der Waals surface area contributed by atoms with Crippen LogP contribution in [0.5, 0.6) is 0 Å². The van der Waals surface area contributed by atoms with Crippen LogP contribution in [0.15, 0.2) is 35.6 Å². The van der Waals surface area contributed by atoms with Gasteiger partial charge in [0, 0.05) is 46.3 Å². The Balaban J connectivity index is 0.00000320. The van der Waals surface area contributed by atoms with Crippen LogP contribution in [0.25, 0.3) is 0 Å². The van der Waals surface area contributed by atoms with Crippen molar-refractivity contribution in [1.29, 1.82) is 0 Å². The van der Waals surface area contributed by atoms with Crippen molar-refractivity contribution in [3.8, 4) is 0 Å². The number of halogens is 1. The highest BCUT2D eigenvalue weighted by Gasteiger charge is 2.16. The van der Waals surface area contributed by atoms with E-state index in [2.05, 4.69) is 68.6 Å². The summed E-state index contributed by atoms with van der Waals surface area (Å²) in [6.07, 6.45) is 1.57. The van der Waals surface area contributed by atoms with E-state index in [1.165, 1.54) is 11.1 Å². The average molecular weight is 526 g/mol. The van der Waals surface area contributed by atoms with E-state index in [9.17, 15) is 0 Å². The number of nitrogens with zero attached hydrogens (tertiary/aromatic N) is 6. The van der Waals surface area contributed by atoms with Gasteiger partial charge in [-0.25, -0.2) is 9.98 Å². The normalized spacial score (nSPS) is 15.6. The van der Waals surface area contributed by atoms with Crippen molar-refractivity contribution < 1.29 is 0 Å². The van der Waals surface area contributed by atoms with E-state index >= 15 is 0 Å². The lowest BCUT2D eigenvalue weighted by Gasteiger charge is -2.34. The molecule has 1 saturated heterocycles. The molecule has 166 valence electrons. The van der Waals surface area contributed by atoms with Crippen molar-refractivity contribution >= 4 is 29.9 Å². The zero-order valence-electron chi connectivity index (χ0n) is 18.3. The summed E-state index contributed by atoms with van der Waals surface area (Å²) in [5.41, 5.74) is 2.65. The van der Waals surface area contributed by atoms with Crippen LogP contribution in [-0.4, -0.2) is 69.8 Å². The summed E-state index contributed by atoms with van der Waals surface area (Å²) < 4.78 is 1.77. The molecule has 0 unspecified atom stereocenters. The van der Waals surface area contributed by atoms with E-state index in [0.29, 0.717) is 13.1 Å². The topological polar surface area (TPSA) is 73.6 Å². The third-order valence-electron chi connectivity index (χ3n) is 5.40. The summed E-state index contributed by atoms with van der Waals surface area (Å²) in [6.45, 7) is 13.1. The van der Waals surface area contributed by atoms with Gasteiger partial charge in [0.1, 0.15) is 12.2 Å². The number of aryl methyl sites for hydroxylation is 1. The molecule has 0 bridgehead atoms. The maximum absolute atomic E-state index is 4.80. The molecule has 1 fully saturated rings. The quantitative estimate of drug-likeness (QED) is 0.311. The van der Waals surface area contributed by atoms with Crippen LogP contribution >= 0.6 is 24.0 Å². The van der Waals surface area contributed by atoms with Crippen LogP contribution in [0, 0.1) is 0 Å². The third kappa shape index (κ3) is 7.21. The molecule has 1 aromatic heterocycles. The van der Waals surface area contributed by atoms with Crippen LogP contribution < -0.4 is 10.6 Å². The molecule has 8 nitrogen and oxygen atoms in total. The molecular weight excluding hydrogens is 491 g/mol. The lowest BCUT2D eigenvalue weighted by molar-refractivity contribution is 0.131. The van der Waals surface area contributed by atoms with Crippen molar-refractivity contribution in [2.45, 2.75) is 33.5 Å². The SMILES string of the molecule is CCNC(=NCc1ccccc1CN1CCN(CC)CC1)NCc1ncnn1C.I. The molecular formula is C21H35IN8. The smallest absolute Gasteiger partial charge is 0.191 e. The second-order valence-corrected chi connectivity index (χ2v) is 7.33. The van der Waals surface area contributed by atoms with E-state index < -0.39 is 0 Å². The van der Waals surface area contributed by atoms with Crippen molar-refractivity contribution in [1.82, 2.24) is 35.2 Å². The Kier molecular flexibility index (Phi) is 10.5. The first-order valence-corrected chi connectivity index (χ1v) is 10.6. The predicted molar refractivity (Wildman–Crippen MR) is 132 cm³/mol. The maximum atomic E-state index is 4.80. The molecule has 9 heteroatoms. The first-order valence-electron chi connectivity index (χ1n) is 10.6. The summed E-state index contributed by atoms with van der Waals surface area (Å²) in [4.78, 5) is 14.1. The number of guanidine groups is 1. The van der Waals surface area contributed by atoms with Gasteiger partial charge in [0.05, 0.1) is 13.1 Å². The van der Waals surface area contributed by atoms with Crippen molar-refractivity contribution in [2.24, 2.45) is 12.0 Å². The van der Waals surface area contributed by atoms with E-state index in [0.717, 1.165) is 57.6 Å². The highest BCUT2D eigenvalue weighted by Crippen LogP contribution is 2.14. The summed E-state index contributed by atoms with van der Waals surface area (Å²) in [7, 11) is 1.89. The van der Waals surface area contributed by atoms with E-state index in [1.807, 2.05) is 7.05 Å². The lowest BCUT2D eigenvalue weighted by atomic mass is 10.1. The molecule has 2 aromatic rings. The number of benzene rings is 1. The molecule has 0 amide bonds. The Labute approximate surface area is 197 Å². The third-order valence-corrected chi connectivity index (χ3v) is 5.40. The van der Waals surface area contributed by atoms with Crippen LogP contribution in [0.2, 0.25) is 0 Å². The second-order valence-electron chi connectivity index (χ2n) is 7.33. The fraction of sp³-hybridized carbons (Fsp3) is 0.571. The number of rotatable bonds is 8. The van der Waals surface area contributed by atoms with Gasteiger partial charge in [0.15, 0.2) is 5.96 Å². The second kappa shape index (κ2) is 12.9. The van der Waals surface area contributed by atoms with Crippen molar-refractivity contribution in [3.63, 3.8) is 0 Å². The number of piperazine rings is 1. The van der Waals surface area contributed by atoms with E-state index in [1.54, 1.807) is 11.0 Å². The number of aromatic nitrogens is 3. The number of nitrogens with one attached hydrogen (secondary N) is 2. The van der Waals surface area contributed by atoms with Gasteiger partial charge in [-0.15, -0.1) is 24.0 Å². The minimum atomic E-state index is 0. The van der Waals surface area contributed by atoms with Gasteiger partial charge < -0.3 is 15.5 Å². The molecule has 0 saturated carbocycles. The van der Waals surface area contributed by atoms with Gasteiger partial charge in [-0.3, -0.25) is 9.58 Å². The summed E-state index contributed by atoms with van der Waals surface area (Å²) in [5, 5.41) is 10.8. The van der Waals surface area contributed by atoms with Crippen LogP contribution in [0.3, 0.4) is 0 Å². The van der Waals surface area contributed by atoms with E-state index in [-0.39, 0.29) is 24.0 Å². The molecule has 1 aliphatic rings. The van der Waals surface area contributed by atoms with Crippen LogP contribution in [0.4, 0.5) is 0 Å². The van der Waals surface area contributed by atoms with Crippen molar-refractivity contribution in [3.05, 3.63) is 47.5 Å². The number of aliphatic imine (C=N–C) groups is 1. The first kappa shape index (κ1) is 24.5. The van der Waals surface area contributed by atoms with E-state index in [4.69, 9.17) is 4.99 Å². The number of hydrogen-bond donors (Lipinski definition) is 2. The fourth-order valence-electron chi connectivity index (χ4n) is 3.52. The summed E-state index contributed by atoms with van der Waals surface area (Å²) in [6, 6.07) is 8.65. The minimum absolute atomic E-state index is 0. The van der Waals surface area contributed by atoms with Gasteiger partial charge >= 0.3 is 0 Å². The zero-order chi connectivity index (χ0) is 20.5. The highest BCUT2D eigenvalue weighted by atomic mass is 127. The Morgan fingerprint density at radius 1 is 1.03 bits per heavy atom. The molecule has 2 N–H and O–H groups in total. The van der Waals surface area contributed by atoms with Gasteiger partial charge in [0.25, 0.3) is 0 Å². The monoisotopic (exact) mass is 526 g/mol. The van der Waals surface area contributed by atoms with Gasteiger partial charge in [0.2, 0.25) is 0 Å². The Hall–Kier alpha value is -1.72. The Morgan fingerprint density at radius 3 is 2.37 bits per heavy atom. The zero-order valence-corrected chi connectivity index (χ0v) is 20.7. The maximum Gasteiger partial charge on any atom is 0.191 e. The molecule has 3 rings (SSSR count). The average Bonchev–Trinajstić information content (AvgIpc) is 3.16. The molecule has 30 heavy (non-hydrogen) atoms. The molecule has 0 spiro atoms. The summed E-state index contributed by atoms with van der Waals surface area (Å²) >= 11 is 0. The molecule has 0 atom stereocenters. The first-order chi connectivity index (χ1) is 14.2. The number of hydrogen-bond acceptors (Lipinski definition) is 5. The Bertz CT molecular complexity index is 783. The fourth-order valence-corrected chi connectivity index (χ4v) is 3.52. The van der Waals surface area contributed by atoms with Gasteiger partial charge in [-0.2, -0.15) is 5.10 Å². The predicted octanol–water partition coefficient (Wildman–Crippen LogP) is 1.83. The highest BCUT2D eigenvalue weighted by molar-refractivity contribution is 14.0. The van der Waals surface area contributed by atoms with Gasteiger partial charge in [-0.05, 0) is 24.6 Å². The molecule has 1 aliphatic heterocycles.